The lowest BCUT2D eigenvalue weighted by Crippen LogP contribution is -2.30. The third-order valence-electron chi connectivity index (χ3n) is 4.53. The molecule has 4 rings (SSSR count). The molecule has 1 fully saturated rings. The van der Waals surface area contributed by atoms with Crippen molar-refractivity contribution in [2.75, 3.05) is 0 Å². The molecule has 12 heteroatoms. The number of carboxylic acid groups (broad SMARTS) is 1. The Bertz CT molecular complexity index is 1030. The van der Waals surface area contributed by atoms with Crippen molar-refractivity contribution in [3.05, 3.63) is 33.8 Å². The quantitative estimate of drug-likeness (QED) is 0.520. The third-order valence-corrected chi connectivity index (χ3v) is 5.42. The van der Waals surface area contributed by atoms with E-state index in [1.807, 2.05) is 6.07 Å². The Morgan fingerprint density at radius 2 is 1.97 bits per heavy atom. The van der Waals surface area contributed by atoms with Gasteiger partial charge in [-0.05, 0) is 70.2 Å². The maximum Gasteiger partial charge on any atom is 0.327 e. The van der Waals surface area contributed by atoms with E-state index in [0.29, 0.717) is 10.9 Å². The van der Waals surface area contributed by atoms with Gasteiger partial charge < -0.3 is 19.1 Å². The van der Waals surface area contributed by atoms with E-state index in [9.17, 15) is 4.79 Å². The van der Waals surface area contributed by atoms with Crippen LogP contribution < -0.4 is 9.47 Å². The van der Waals surface area contributed by atoms with Gasteiger partial charge in [-0.1, -0.05) is 11.6 Å². The molecule has 1 aliphatic rings. The number of nitrogens with zero attached hydrogens (tertiary/aromatic N) is 5. The number of aliphatic carboxylic acids is 1. The van der Waals surface area contributed by atoms with Gasteiger partial charge in [-0.3, -0.25) is 4.79 Å². The van der Waals surface area contributed by atoms with Crippen molar-refractivity contribution in [1.29, 1.82) is 0 Å². The van der Waals surface area contributed by atoms with Crippen LogP contribution in [0.4, 0.5) is 0 Å². The van der Waals surface area contributed by atoms with Crippen molar-refractivity contribution in [3.63, 3.8) is 0 Å². The second-order valence-corrected chi connectivity index (χ2v) is 8.07. The van der Waals surface area contributed by atoms with Gasteiger partial charge in [0.1, 0.15) is 11.9 Å². The monoisotopic (exact) mass is 497 g/mol. The topological polar surface area (TPSA) is 125 Å². The number of hydrogen-bond donors (Lipinski definition) is 1. The Morgan fingerprint density at radius 3 is 2.70 bits per heavy atom. The van der Waals surface area contributed by atoms with Gasteiger partial charge in [0.15, 0.2) is 6.54 Å². The molecule has 0 unspecified atom stereocenters. The molecule has 3 aromatic rings. The highest BCUT2D eigenvalue weighted by atomic mass is 79.9. The maximum absolute atomic E-state index is 10.7. The average Bonchev–Trinajstić information content (AvgIpc) is 3.35. The van der Waals surface area contributed by atoms with Crippen LogP contribution >= 0.6 is 27.5 Å². The minimum Gasteiger partial charge on any atom is -0.489 e. The summed E-state index contributed by atoms with van der Waals surface area (Å²) in [6.45, 7) is -0.387. The first kappa shape index (κ1) is 20.6. The van der Waals surface area contributed by atoms with E-state index in [0.717, 1.165) is 40.7 Å². The smallest absolute Gasteiger partial charge is 0.327 e. The fourth-order valence-electron chi connectivity index (χ4n) is 3.14. The molecule has 10 nitrogen and oxygen atoms in total. The Labute approximate surface area is 184 Å². The number of carbonyl (C=O) groups is 1. The first-order valence-corrected chi connectivity index (χ1v) is 10.4. The first-order chi connectivity index (χ1) is 14.5. The largest absolute Gasteiger partial charge is 0.489 e. The van der Waals surface area contributed by atoms with Crippen molar-refractivity contribution in [2.24, 2.45) is 0 Å². The van der Waals surface area contributed by atoms with E-state index in [-0.39, 0.29) is 30.3 Å². The highest BCUT2D eigenvalue weighted by Gasteiger charge is 2.25. The predicted molar refractivity (Wildman–Crippen MR) is 107 cm³/mol. The standard InChI is InChI=1S/C18H17BrClN5O5/c19-13-6-1-10(20)7-14(13)28-11-2-4-12(5-3-11)29-16-8-15(30-23-16)18-21-24-25(22-18)9-17(26)27/h1,6-8,11-12H,2-5,9H2,(H,26,27). The molecule has 0 amide bonds. The van der Waals surface area contributed by atoms with Gasteiger partial charge in [0, 0.05) is 5.02 Å². The predicted octanol–water partition coefficient (Wildman–Crippen LogP) is 3.60. The highest BCUT2D eigenvalue weighted by molar-refractivity contribution is 9.10. The van der Waals surface area contributed by atoms with Crippen LogP contribution in [-0.2, 0) is 11.3 Å². The van der Waals surface area contributed by atoms with Crippen LogP contribution in [0.1, 0.15) is 25.7 Å². The fourth-order valence-corrected chi connectivity index (χ4v) is 3.64. The average molecular weight is 499 g/mol. The number of benzene rings is 1. The van der Waals surface area contributed by atoms with E-state index in [1.54, 1.807) is 18.2 Å². The molecular formula is C18H17BrClN5O5. The Morgan fingerprint density at radius 1 is 1.23 bits per heavy atom. The molecule has 0 bridgehead atoms. The molecule has 1 saturated carbocycles. The Hall–Kier alpha value is -2.66. The summed E-state index contributed by atoms with van der Waals surface area (Å²) < 4.78 is 18.0. The lowest BCUT2D eigenvalue weighted by atomic mass is 9.95. The van der Waals surface area contributed by atoms with Gasteiger partial charge in [-0.25, -0.2) is 0 Å². The molecule has 1 N–H and O–H groups in total. The molecule has 0 radical (unpaired) electrons. The summed E-state index contributed by atoms with van der Waals surface area (Å²) in [7, 11) is 0. The summed E-state index contributed by atoms with van der Waals surface area (Å²) in [5.41, 5.74) is 0. The summed E-state index contributed by atoms with van der Waals surface area (Å²) in [6.07, 6.45) is 3.34. The zero-order chi connectivity index (χ0) is 21.1. The number of ether oxygens (including phenoxy) is 2. The van der Waals surface area contributed by atoms with Crippen LogP contribution in [0.2, 0.25) is 5.02 Å². The zero-order valence-electron chi connectivity index (χ0n) is 15.6. The summed E-state index contributed by atoms with van der Waals surface area (Å²) in [4.78, 5) is 11.7. The molecule has 0 saturated heterocycles. The number of hydrogen-bond acceptors (Lipinski definition) is 8. The number of carboxylic acids is 1. The second kappa shape index (κ2) is 9.00. The number of halogens is 2. The summed E-state index contributed by atoms with van der Waals surface area (Å²) in [5, 5.41) is 24.6. The van der Waals surface area contributed by atoms with Gasteiger partial charge in [0.05, 0.1) is 16.6 Å². The van der Waals surface area contributed by atoms with Crippen molar-refractivity contribution >= 4 is 33.5 Å². The van der Waals surface area contributed by atoms with Gasteiger partial charge in [-0.2, -0.15) is 4.80 Å². The molecule has 0 atom stereocenters. The number of aromatic nitrogens is 5. The Balaban J connectivity index is 1.30. The molecule has 0 spiro atoms. The van der Waals surface area contributed by atoms with Gasteiger partial charge in [0.25, 0.3) is 5.88 Å². The van der Waals surface area contributed by atoms with E-state index in [2.05, 4.69) is 36.5 Å². The van der Waals surface area contributed by atoms with Crippen LogP contribution in [0.25, 0.3) is 11.6 Å². The van der Waals surface area contributed by atoms with Crippen LogP contribution in [0.15, 0.2) is 33.3 Å². The first-order valence-electron chi connectivity index (χ1n) is 9.21. The SMILES string of the molecule is O=C(O)Cn1nnc(-c2cc(OC3CCC(Oc4cc(Cl)ccc4Br)CC3)no2)n1. The molecule has 1 aromatic carbocycles. The minimum absolute atomic E-state index is 0.0127. The van der Waals surface area contributed by atoms with Crippen molar-refractivity contribution in [1.82, 2.24) is 25.4 Å². The molecule has 1 aliphatic carbocycles. The lowest BCUT2D eigenvalue weighted by molar-refractivity contribution is -0.138. The summed E-state index contributed by atoms with van der Waals surface area (Å²) in [5.74, 6) is 0.383. The lowest BCUT2D eigenvalue weighted by Gasteiger charge is -2.29. The molecule has 2 aromatic heterocycles. The third kappa shape index (κ3) is 5.08. The highest BCUT2D eigenvalue weighted by Crippen LogP contribution is 2.33. The number of rotatable bonds is 7. The molecule has 30 heavy (non-hydrogen) atoms. The van der Waals surface area contributed by atoms with E-state index < -0.39 is 5.97 Å². The maximum atomic E-state index is 10.7. The fraction of sp³-hybridized carbons (Fsp3) is 0.389. The normalized spacial score (nSPS) is 18.9. The van der Waals surface area contributed by atoms with Crippen LogP contribution in [0.3, 0.4) is 0 Å². The van der Waals surface area contributed by atoms with Crippen molar-refractivity contribution < 1.29 is 23.9 Å². The van der Waals surface area contributed by atoms with Gasteiger partial charge in [0.2, 0.25) is 11.6 Å². The Kier molecular flexibility index (Phi) is 6.18. The second-order valence-electron chi connectivity index (χ2n) is 6.78. The molecule has 158 valence electrons. The molecular weight excluding hydrogens is 482 g/mol. The van der Waals surface area contributed by atoms with Gasteiger partial charge >= 0.3 is 5.97 Å². The molecule has 2 heterocycles. The summed E-state index contributed by atoms with van der Waals surface area (Å²) >= 11 is 9.52. The van der Waals surface area contributed by atoms with Gasteiger partial charge in [-0.15, -0.1) is 10.2 Å². The van der Waals surface area contributed by atoms with Crippen molar-refractivity contribution in [2.45, 2.75) is 44.4 Å². The van der Waals surface area contributed by atoms with E-state index >= 15 is 0 Å². The number of tetrazole rings is 1. The van der Waals surface area contributed by atoms with Crippen LogP contribution in [0, 0.1) is 0 Å². The van der Waals surface area contributed by atoms with Crippen LogP contribution in [-0.4, -0.2) is 48.6 Å². The van der Waals surface area contributed by atoms with Crippen LogP contribution in [0.5, 0.6) is 11.6 Å². The molecule has 0 aliphatic heterocycles. The zero-order valence-corrected chi connectivity index (χ0v) is 17.9. The minimum atomic E-state index is -1.07. The summed E-state index contributed by atoms with van der Waals surface area (Å²) in [6, 6.07) is 7.03. The van der Waals surface area contributed by atoms with Crippen molar-refractivity contribution in [3.8, 4) is 23.2 Å². The van der Waals surface area contributed by atoms with E-state index in [4.69, 9.17) is 30.7 Å². The van der Waals surface area contributed by atoms with E-state index in [1.165, 1.54) is 0 Å².